The van der Waals surface area contributed by atoms with E-state index in [0.29, 0.717) is 5.92 Å². The van der Waals surface area contributed by atoms with Crippen molar-refractivity contribution in [2.24, 2.45) is 23.7 Å². The summed E-state index contributed by atoms with van der Waals surface area (Å²) in [6.07, 6.45) is 5.25. The third-order valence-corrected chi connectivity index (χ3v) is 4.78. The molecule has 1 aliphatic heterocycles. The molecule has 66 valence electrons. The van der Waals surface area contributed by atoms with E-state index in [1.807, 2.05) is 0 Å². The summed E-state index contributed by atoms with van der Waals surface area (Å²) in [7, 11) is 0. The van der Waals surface area contributed by atoms with Crippen molar-refractivity contribution < 1.29 is 9.84 Å². The molecule has 1 saturated heterocycles. The van der Waals surface area contributed by atoms with Crippen LogP contribution in [0.3, 0.4) is 0 Å². The highest BCUT2D eigenvalue weighted by atomic mass is 16.6. The fourth-order valence-electron chi connectivity index (χ4n) is 4.37. The number of hydrogen-bond donors (Lipinski definition) is 1. The predicted octanol–water partition coefficient (Wildman–Crippen LogP) is 0.302. The second-order valence-corrected chi connectivity index (χ2v) is 5.15. The topological polar surface area (TPSA) is 33.0 Å². The van der Waals surface area contributed by atoms with E-state index < -0.39 is 0 Å². The van der Waals surface area contributed by atoms with Gasteiger partial charge >= 0.3 is 0 Å². The minimum atomic E-state index is 0.0498. The molecule has 2 heteroatoms. The molecule has 4 rings (SSSR count). The van der Waals surface area contributed by atoms with Gasteiger partial charge in [0.1, 0.15) is 0 Å². The number of fused-ring (bicyclic) bond motifs is 7. The lowest BCUT2D eigenvalue weighted by atomic mass is 9.79. The maximum atomic E-state index is 9.74. The van der Waals surface area contributed by atoms with Crippen LogP contribution in [0.1, 0.15) is 19.3 Å². The molecule has 0 aromatic rings. The third kappa shape index (κ3) is 0.549. The summed E-state index contributed by atoms with van der Waals surface area (Å²) in [6.45, 7) is 0. The largest absolute Gasteiger partial charge is 0.417 e. The molecule has 0 spiro atoms. The fraction of sp³-hybridized carbons (Fsp3) is 1.00. The van der Waals surface area contributed by atoms with Gasteiger partial charge in [0, 0.05) is 12.3 Å². The molecule has 2 bridgehead atoms. The second kappa shape index (κ2) is 1.73. The van der Waals surface area contributed by atoms with Gasteiger partial charge in [-0.25, -0.2) is 0 Å². The molecule has 2 N–H and O–H groups in total. The molecule has 0 aromatic carbocycles. The van der Waals surface area contributed by atoms with Crippen LogP contribution in [0.4, 0.5) is 0 Å². The first-order valence-corrected chi connectivity index (χ1v) is 5.22. The fourth-order valence-corrected chi connectivity index (χ4v) is 4.37. The highest BCUT2D eigenvalue weighted by Crippen LogP contribution is 2.63. The average molecular weight is 167 g/mol. The molecule has 3 aliphatic carbocycles. The summed E-state index contributed by atoms with van der Waals surface area (Å²) < 4.78 is 4.57. The first-order chi connectivity index (χ1) is 5.84. The number of epoxide rings is 1. The summed E-state index contributed by atoms with van der Waals surface area (Å²) in [5.41, 5.74) is 0. The van der Waals surface area contributed by atoms with Gasteiger partial charge in [0.05, 0.1) is 6.10 Å². The highest BCUT2D eigenvalue weighted by Gasteiger charge is 2.71. The van der Waals surface area contributed by atoms with E-state index in [1.54, 1.807) is 0 Å². The second-order valence-electron chi connectivity index (χ2n) is 5.15. The minimum absolute atomic E-state index is 0.0498. The first-order valence-electron chi connectivity index (χ1n) is 5.22. The van der Waals surface area contributed by atoms with Crippen molar-refractivity contribution in [3.8, 4) is 0 Å². The minimum Gasteiger partial charge on any atom is -0.417 e. The Hall–Kier alpha value is -0.0800. The van der Waals surface area contributed by atoms with Crippen molar-refractivity contribution in [3.05, 3.63) is 0 Å². The van der Waals surface area contributed by atoms with Crippen LogP contribution < -0.4 is 0 Å². The van der Waals surface area contributed by atoms with Gasteiger partial charge in [-0.15, -0.1) is 0 Å². The van der Waals surface area contributed by atoms with Gasteiger partial charge in [-0.3, -0.25) is 0 Å². The summed E-state index contributed by atoms with van der Waals surface area (Å²) in [5, 5.41) is 9.74. The molecule has 4 fully saturated rings. The van der Waals surface area contributed by atoms with Crippen LogP contribution in [-0.2, 0) is 0 Å². The zero-order valence-electron chi connectivity index (χ0n) is 7.06. The highest BCUT2D eigenvalue weighted by molar-refractivity contribution is 5.13. The summed E-state index contributed by atoms with van der Waals surface area (Å²) >= 11 is 0. The van der Waals surface area contributed by atoms with Crippen LogP contribution in [0.2, 0.25) is 0 Å². The Kier molecular flexibility index (Phi) is 0.921. The zero-order valence-corrected chi connectivity index (χ0v) is 7.06. The van der Waals surface area contributed by atoms with Gasteiger partial charge in [-0.05, 0) is 30.6 Å². The van der Waals surface area contributed by atoms with Crippen molar-refractivity contribution in [1.82, 2.24) is 0 Å². The zero-order chi connectivity index (χ0) is 7.87. The SMILES string of the molecule is OC1CC2CC1C1CC3[OH+]C3C21. The van der Waals surface area contributed by atoms with Crippen LogP contribution in [0, 0.1) is 23.7 Å². The summed E-state index contributed by atoms with van der Waals surface area (Å²) in [4.78, 5) is 0. The molecule has 7 unspecified atom stereocenters. The molecule has 0 amide bonds. The molecule has 4 aliphatic rings. The Labute approximate surface area is 71.9 Å². The van der Waals surface area contributed by atoms with Crippen LogP contribution in [0.5, 0.6) is 0 Å². The van der Waals surface area contributed by atoms with E-state index in [0.717, 1.165) is 36.4 Å². The number of ether oxygens (including phenoxy) is 1. The van der Waals surface area contributed by atoms with Crippen molar-refractivity contribution in [1.29, 1.82) is 0 Å². The first kappa shape index (κ1) is 6.39. The van der Waals surface area contributed by atoms with Crippen LogP contribution in [-0.4, -0.2) is 28.2 Å². The molecule has 0 radical (unpaired) electrons. The van der Waals surface area contributed by atoms with Gasteiger partial charge in [0.25, 0.3) is 0 Å². The summed E-state index contributed by atoms with van der Waals surface area (Å²) in [6, 6.07) is 0. The third-order valence-electron chi connectivity index (χ3n) is 4.78. The van der Waals surface area contributed by atoms with Gasteiger partial charge in [0.2, 0.25) is 12.2 Å². The predicted molar refractivity (Wildman–Crippen MR) is 43.6 cm³/mol. The lowest BCUT2D eigenvalue weighted by Gasteiger charge is -2.27. The van der Waals surface area contributed by atoms with E-state index in [2.05, 4.69) is 4.74 Å². The smallest absolute Gasteiger partial charge is 0.230 e. The number of aliphatic hydroxyl groups excluding tert-OH is 1. The molecule has 0 aromatic heterocycles. The van der Waals surface area contributed by atoms with Crippen LogP contribution in [0.15, 0.2) is 0 Å². The Bertz CT molecular complexity index is 240. The van der Waals surface area contributed by atoms with E-state index in [1.165, 1.54) is 12.8 Å². The number of hydrogen-bond acceptors (Lipinski definition) is 1. The van der Waals surface area contributed by atoms with Crippen molar-refractivity contribution >= 4 is 0 Å². The van der Waals surface area contributed by atoms with Crippen LogP contribution in [0.25, 0.3) is 0 Å². The Morgan fingerprint density at radius 2 is 2.00 bits per heavy atom. The molecule has 3 saturated carbocycles. The van der Waals surface area contributed by atoms with Crippen molar-refractivity contribution in [3.63, 3.8) is 0 Å². The summed E-state index contributed by atoms with van der Waals surface area (Å²) in [5.74, 6) is 3.29. The Balaban J connectivity index is 1.73. The number of rotatable bonds is 0. The standard InChI is InChI=1S/C10H14O2/c11-7-2-4-1-5(7)6-3-8-10(12-8)9(4)6/h4-11H,1-3H2/p+1. The maximum absolute atomic E-state index is 9.74. The Morgan fingerprint density at radius 1 is 1.08 bits per heavy atom. The van der Waals surface area contributed by atoms with Gasteiger partial charge in [0.15, 0.2) is 0 Å². The van der Waals surface area contributed by atoms with E-state index in [4.69, 9.17) is 0 Å². The lowest BCUT2D eigenvalue weighted by molar-refractivity contribution is 0.00502. The molecular weight excluding hydrogens is 152 g/mol. The van der Waals surface area contributed by atoms with E-state index in [-0.39, 0.29) is 6.10 Å². The molecule has 1 heterocycles. The monoisotopic (exact) mass is 167 g/mol. The van der Waals surface area contributed by atoms with Gasteiger partial charge in [-0.1, -0.05) is 0 Å². The quantitative estimate of drug-likeness (QED) is 0.408. The maximum Gasteiger partial charge on any atom is 0.230 e. The Morgan fingerprint density at radius 3 is 2.92 bits per heavy atom. The molecule has 7 atom stereocenters. The molecular formula is C10H15O2+. The average Bonchev–Trinajstić information content (AvgIpc) is 2.43. The van der Waals surface area contributed by atoms with Gasteiger partial charge < -0.3 is 9.84 Å². The van der Waals surface area contributed by atoms with Gasteiger partial charge in [-0.2, -0.15) is 0 Å². The van der Waals surface area contributed by atoms with E-state index >= 15 is 0 Å². The molecule has 12 heavy (non-hydrogen) atoms. The van der Waals surface area contributed by atoms with E-state index in [9.17, 15) is 5.11 Å². The normalized spacial score (nSPS) is 71.2. The van der Waals surface area contributed by atoms with Crippen molar-refractivity contribution in [2.45, 2.75) is 37.6 Å². The molecule has 2 nitrogen and oxygen atoms in total. The number of aliphatic hydroxyl groups is 3. The van der Waals surface area contributed by atoms with Crippen LogP contribution >= 0.6 is 0 Å². The lowest BCUT2D eigenvalue weighted by Crippen LogP contribution is -2.31. The van der Waals surface area contributed by atoms with Crippen molar-refractivity contribution in [2.75, 3.05) is 0 Å².